The van der Waals surface area contributed by atoms with Gasteiger partial charge in [0.15, 0.2) is 5.17 Å². The topological polar surface area (TPSA) is 41.9 Å². The van der Waals surface area contributed by atoms with Crippen molar-refractivity contribution in [2.75, 3.05) is 0 Å². The molecular weight excluding hydrogens is 660 g/mol. The maximum absolute atomic E-state index is 13.6. The third-order valence-electron chi connectivity index (χ3n) is 5.90. The Hall–Kier alpha value is -2.84. The number of amides is 1. The first kappa shape index (κ1) is 27.7. The number of aliphatic imine (C=N–C) groups is 1. The summed E-state index contributed by atoms with van der Waals surface area (Å²) in [6.07, 6.45) is 1.90. The van der Waals surface area contributed by atoms with Crippen molar-refractivity contribution in [2.45, 2.75) is 19.7 Å². The summed E-state index contributed by atoms with van der Waals surface area (Å²) in [7, 11) is 0. The molecule has 0 aromatic heterocycles. The summed E-state index contributed by atoms with van der Waals surface area (Å²) in [5.74, 6) is 0.613. The maximum Gasteiger partial charge on any atom is 0.267 e. The van der Waals surface area contributed by atoms with Crippen molar-refractivity contribution in [3.8, 4) is 5.75 Å². The first-order valence-electron chi connectivity index (χ1n) is 12.2. The minimum absolute atomic E-state index is 0.0656. The molecule has 0 atom stereocenters. The molecule has 1 saturated heterocycles. The number of rotatable bonds is 8. The van der Waals surface area contributed by atoms with Gasteiger partial charge in [0, 0.05) is 5.02 Å². The Labute approximate surface area is 254 Å². The molecule has 0 aliphatic carbocycles. The Kier molecular flexibility index (Phi) is 9.24. The largest absolute Gasteiger partial charge is 0.487 e. The van der Waals surface area contributed by atoms with Crippen LogP contribution in [0.4, 0.5) is 0 Å². The highest BCUT2D eigenvalue weighted by Crippen LogP contribution is 2.38. The summed E-state index contributed by atoms with van der Waals surface area (Å²) in [5, 5.41) is 1.36. The van der Waals surface area contributed by atoms with Gasteiger partial charge in [-0.2, -0.15) is 0 Å². The monoisotopic (exact) mass is 680 g/mol. The molecule has 0 bridgehead atoms. The fraction of sp³-hybridized carbons (Fsp3) is 0.0968. The minimum atomic E-state index is -0.0656. The summed E-state index contributed by atoms with van der Waals surface area (Å²) in [4.78, 5) is 20.7. The molecule has 0 N–H and O–H groups in total. The zero-order chi connectivity index (χ0) is 27.2. The molecule has 4 nitrogen and oxygen atoms in total. The van der Waals surface area contributed by atoms with Crippen LogP contribution < -0.4 is 4.74 Å². The zero-order valence-electron chi connectivity index (χ0n) is 20.7. The fourth-order valence-electron chi connectivity index (χ4n) is 4.01. The molecular formula is C31H23Br2ClN2O2S. The van der Waals surface area contributed by atoms with Crippen molar-refractivity contribution < 1.29 is 9.53 Å². The molecule has 1 heterocycles. The van der Waals surface area contributed by atoms with E-state index in [9.17, 15) is 4.79 Å². The van der Waals surface area contributed by atoms with E-state index < -0.39 is 0 Å². The second kappa shape index (κ2) is 13.0. The van der Waals surface area contributed by atoms with Crippen LogP contribution in [0.15, 0.2) is 116 Å². The third-order valence-corrected chi connectivity index (χ3v) is 8.36. The van der Waals surface area contributed by atoms with Crippen LogP contribution in [-0.2, 0) is 24.5 Å². The van der Waals surface area contributed by atoms with E-state index in [0.717, 1.165) is 31.2 Å². The second-order valence-corrected chi connectivity index (χ2v) is 12.0. The van der Waals surface area contributed by atoms with Crippen LogP contribution in [0.2, 0.25) is 5.02 Å². The molecule has 1 fully saturated rings. The number of thioether (sulfide) groups is 1. The molecule has 4 aromatic rings. The van der Waals surface area contributed by atoms with E-state index in [1.165, 1.54) is 11.8 Å². The molecule has 0 saturated carbocycles. The number of carbonyl (C=O) groups excluding carboxylic acids is 1. The van der Waals surface area contributed by atoms with E-state index >= 15 is 0 Å². The quantitative estimate of drug-likeness (QED) is 0.174. The van der Waals surface area contributed by atoms with Crippen LogP contribution in [0, 0.1) is 0 Å². The lowest BCUT2D eigenvalue weighted by Crippen LogP contribution is -2.28. The Morgan fingerprint density at radius 1 is 0.846 bits per heavy atom. The summed E-state index contributed by atoms with van der Waals surface area (Å²) >= 11 is 14.8. The highest BCUT2D eigenvalue weighted by Gasteiger charge is 2.33. The molecule has 196 valence electrons. The third kappa shape index (κ3) is 7.22. The second-order valence-electron chi connectivity index (χ2n) is 8.80. The van der Waals surface area contributed by atoms with Gasteiger partial charge in [-0.3, -0.25) is 14.7 Å². The fourth-order valence-corrected chi connectivity index (χ4v) is 6.65. The Balaban J connectivity index is 1.38. The van der Waals surface area contributed by atoms with Crippen molar-refractivity contribution in [1.29, 1.82) is 0 Å². The van der Waals surface area contributed by atoms with E-state index in [1.807, 2.05) is 103 Å². The molecule has 5 rings (SSSR count). The van der Waals surface area contributed by atoms with E-state index in [1.54, 1.807) is 4.90 Å². The smallest absolute Gasteiger partial charge is 0.267 e. The molecule has 4 aromatic carbocycles. The lowest BCUT2D eigenvalue weighted by atomic mass is 10.2. The number of ether oxygens (including phenoxy) is 1. The van der Waals surface area contributed by atoms with Gasteiger partial charge in [0.2, 0.25) is 0 Å². The van der Waals surface area contributed by atoms with E-state index in [2.05, 4.69) is 31.9 Å². The zero-order valence-corrected chi connectivity index (χ0v) is 25.4. The average Bonchev–Trinajstić information content (AvgIpc) is 3.22. The summed E-state index contributed by atoms with van der Waals surface area (Å²) < 4.78 is 7.61. The highest BCUT2D eigenvalue weighted by atomic mass is 79.9. The van der Waals surface area contributed by atoms with Gasteiger partial charge >= 0.3 is 0 Å². The maximum atomic E-state index is 13.6. The number of halogens is 3. The predicted octanol–water partition coefficient (Wildman–Crippen LogP) is 9.12. The molecule has 1 aliphatic heterocycles. The summed E-state index contributed by atoms with van der Waals surface area (Å²) in [6, 6.07) is 31.5. The van der Waals surface area contributed by atoms with E-state index in [4.69, 9.17) is 21.3 Å². The Morgan fingerprint density at radius 2 is 1.49 bits per heavy atom. The van der Waals surface area contributed by atoms with E-state index in [-0.39, 0.29) is 5.91 Å². The predicted molar refractivity (Wildman–Crippen MR) is 168 cm³/mol. The van der Waals surface area contributed by atoms with E-state index in [0.29, 0.717) is 40.5 Å². The van der Waals surface area contributed by atoms with Gasteiger partial charge in [0.25, 0.3) is 5.91 Å². The first-order chi connectivity index (χ1) is 19.0. The number of hydrogen-bond donors (Lipinski definition) is 0. The average molecular weight is 683 g/mol. The number of amidine groups is 1. The van der Waals surface area contributed by atoms with Crippen LogP contribution in [0.3, 0.4) is 0 Å². The number of carbonyl (C=O) groups is 1. The number of nitrogens with zero attached hydrogens (tertiary/aromatic N) is 2. The van der Waals surface area contributed by atoms with Crippen LogP contribution in [0.5, 0.6) is 5.75 Å². The van der Waals surface area contributed by atoms with Crippen molar-refractivity contribution in [3.05, 3.63) is 138 Å². The molecule has 0 radical (unpaired) electrons. The van der Waals surface area contributed by atoms with Crippen LogP contribution in [0.1, 0.15) is 22.3 Å². The van der Waals surface area contributed by atoms with Crippen LogP contribution in [-0.4, -0.2) is 16.0 Å². The number of benzene rings is 4. The minimum Gasteiger partial charge on any atom is -0.487 e. The normalized spacial score (nSPS) is 15.4. The van der Waals surface area contributed by atoms with Crippen molar-refractivity contribution in [3.63, 3.8) is 0 Å². The number of hydrogen-bond acceptors (Lipinski definition) is 4. The molecule has 0 spiro atoms. The van der Waals surface area contributed by atoms with Gasteiger partial charge in [-0.1, -0.05) is 84.4 Å². The van der Waals surface area contributed by atoms with Gasteiger partial charge < -0.3 is 4.74 Å². The molecule has 8 heteroatoms. The Morgan fingerprint density at radius 3 is 2.15 bits per heavy atom. The van der Waals surface area contributed by atoms with Crippen molar-refractivity contribution in [1.82, 2.24) is 4.90 Å². The van der Waals surface area contributed by atoms with Crippen molar-refractivity contribution in [2.24, 2.45) is 4.99 Å². The lowest BCUT2D eigenvalue weighted by Gasteiger charge is -2.15. The van der Waals surface area contributed by atoms with Crippen LogP contribution >= 0.6 is 55.2 Å². The first-order valence-corrected chi connectivity index (χ1v) is 14.9. The van der Waals surface area contributed by atoms with Crippen molar-refractivity contribution >= 4 is 72.4 Å². The Bertz CT molecular complexity index is 1520. The highest BCUT2D eigenvalue weighted by molar-refractivity contribution is 9.11. The molecule has 39 heavy (non-hydrogen) atoms. The SMILES string of the molecule is O=C1/C(=C\c2cc(Br)c(OCc3cccc(Cl)c3)c(Br)c2)SC(=NCc2ccccc2)N1Cc1ccccc1. The summed E-state index contributed by atoms with van der Waals surface area (Å²) in [5.41, 5.74) is 3.98. The molecule has 1 amide bonds. The van der Waals surface area contributed by atoms with Gasteiger partial charge in [-0.05, 0) is 96.2 Å². The lowest BCUT2D eigenvalue weighted by molar-refractivity contribution is -0.122. The van der Waals surface area contributed by atoms with Gasteiger partial charge in [-0.15, -0.1) is 0 Å². The van der Waals surface area contributed by atoms with Gasteiger partial charge in [0.1, 0.15) is 12.4 Å². The molecule has 1 aliphatic rings. The molecule has 0 unspecified atom stereocenters. The van der Waals surface area contributed by atoms with Gasteiger partial charge in [0.05, 0.1) is 26.9 Å². The van der Waals surface area contributed by atoms with Gasteiger partial charge in [-0.25, -0.2) is 0 Å². The summed E-state index contributed by atoms with van der Waals surface area (Å²) in [6.45, 7) is 1.34. The standard InChI is InChI=1S/C31H23Br2ClN2O2S/c32-26-15-24(16-27(33)29(26)38-20-23-12-7-13-25(34)14-23)17-28-30(37)36(19-22-10-5-2-6-11-22)31(39-28)35-18-21-8-3-1-4-9-21/h1-17H,18-20H2/b28-17+,35-31?. The van der Waals surface area contributed by atoms with Crippen LogP contribution in [0.25, 0.3) is 6.08 Å².